The van der Waals surface area contributed by atoms with Crippen molar-refractivity contribution in [2.75, 3.05) is 0 Å². The van der Waals surface area contributed by atoms with E-state index in [0.717, 1.165) is 10.8 Å². The van der Waals surface area contributed by atoms with Crippen molar-refractivity contribution >= 4 is 23.7 Å². The molecule has 0 aliphatic rings. The quantitative estimate of drug-likeness (QED) is 0.776. The van der Waals surface area contributed by atoms with E-state index in [0.29, 0.717) is 11.3 Å². The van der Waals surface area contributed by atoms with Crippen LogP contribution in [-0.2, 0) is 0 Å². The molecule has 0 saturated carbocycles. The van der Waals surface area contributed by atoms with Gasteiger partial charge in [-0.05, 0) is 0 Å². The van der Waals surface area contributed by atoms with E-state index in [1.165, 1.54) is 11.3 Å². The molecule has 7 heteroatoms. The minimum atomic E-state index is -1.19. The summed E-state index contributed by atoms with van der Waals surface area (Å²) in [4.78, 5) is 29.1. The predicted molar refractivity (Wildman–Crippen MR) is 52.1 cm³/mol. The van der Waals surface area contributed by atoms with Crippen LogP contribution in [0.25, 0.3) is 10.8 Å². The van der Waals surface area contributed by atoms with Crippen molar-refractivity contribution in [1.29, 1.82) is 0 Å². The Morgan fingerprint density at radius 3 is 2.93 bits per heavy atom. The van der Waals surface area contributed by atoms with E-state index in [9.17, 15) is 9.59 Å². The predicted octanol–water partition coefficient (Wildman–Crippen LogP) is 1.35. The van der Waals surface area contributed by atoms with Gasteiger partial charge in [-0.2, -0.15) is 0 Å². The van der Waals surface area contributed by atoms with Crippen molar-refractivity contribution in [2.24, 2.45) is 0 Å². The molecule has 0 bridgehead atoms. The summed E-state index contributed by atoms with van der Waals surface area (Å²) < 4.78 is 0.878. The summed E-state index contributed by atoms with van der Waals surface area (Å²) in [5.74, 6) is 0.166. The van der Waals surface area contributed by atoms with Crippen molar-refractivity contribution in [3.63, 3.8) is 0 Å². The minimum absolute atomic E-state index is 0.0719. The number of aldehydes is 1. The number of carbonyl (C=O) groups excluding carboxylic acids is 1. The maximum Gasteiger partial charge on any atom is 0.417 e. The van der Waals surface area contributed by atoms with Gasteiger partial charge in [0.25, 0.3) is 0 Å². The molecule has 6 nitrogen and oxygen atoms in total. The van der Waals surface area contributed by atoms with Crippen LogP contribution < -0.4 is 0 Å². The van der Waals surface area contributed by atoms with Crippen LogP contribution in [0.4, 0.5) is 4.79 Å². The molecule has 0 amide bonds. The second-order valence-corrected chi connectivity index (χ2v) is 3.49. The van der Waals surface area contributed by atoms with Crippen molar-refractivity contribution in [3.8, 4) is 10.8 Å². The Labute approximate surface area is 87.8 Å². The van der Waals surface area contributed by atoms with Crippen LogP contribution in [0.3, 0.4) is 0 Å². The summed E-state index contributed by atoms with van der Waals surface area (Å²) in [7, 11) is 0. The second-order valence-electron chi connectivity index (χ2n) is 2.60. The Morgan fingerprint density at radius 2 is 2.40 bits per heavy atom. The molecule has 0 unspecified atom stereocenters. The van der Waals surface area contributed by atoms with Crippen molar-refractivity contribution < 1.29 is 14.7 Å². The van der Waals surface area contributed by atoms with Crippen LogP contribution in [0.1, 0.15) is 10.5 Å². The molecular weight excluding hydrogens is 218 g/mol. The average Bonchev–Trinajstić information content (AvgIpc) is 2.86. The van der Waals surface area contributed by atoms with E-state index in [1.54, 1.807) is 11.6 Å². The number of hydrogen-bond acceptors (Lipinski definition) is 5. The van der Waals surface area contributed by atoms with Crippen molar-refractivity contribution in [3.05, 3.63) is 23.5 Å². The zero-order valence-corrected chi connectivity index (χ0v) is 8.14. The summed E-state index contributed by atoms with van der Waals surface area (Å²) in [6, 6.07) is 0. The summed E-state index contributed by atoms with van der Waals surface area (Å²) in [6.07, 6.45) is 2.00. The van der Waals surface area contributed by atoms with E-state index >= 15 is 0 Å². The van der Waals surface area contributed by atoms with Crippen LogP contribution in [0.2, 0.25) is 0 Å². The fourth-order valence-corrected chi connectivity index (χ4v) is 1.71. The molecule has 0 radical (unpaired) electrons. The van der Waals surface area contributed by atoms with Gasteiger partial charge >= 0.3 is 6.09 Å². The molecule has 2 heterocycles. The zero-order chi connectivity index (χ0) is 10.8. The number of hydrogen-bond donors (Lipinski definition) is 1. The first-order valence-corrected chi connectivity index (χ1v) is 4.78. The SMILES string of the molecule is O=Cc1cn(C(=O)O)c(-c2nccs2)n1. The smallest absolute Gasteiger partial charge is 0.417 e. The highest BCUT2D eigenvalue weighted by Gasteiger charge is 2.15. The van der Waals surface area contributed by atoms with Crippen LogP contribution in [0.5, 0.6) is 0 Å². The third-order valence-electron chi connectivity index (χ3n) is 1.67. The highest BCUT2D eigenvalue weighted by atomic mass is 32.1. The molecule has 2 aromatic rings. The maximum absolute atomic E-state index is 10.8. The largest absolute Gasteiger partial charge is 0.464 e. The average molecular weight is 223 g/mol. The number of aromatic nitrogens is 3. The standard InChI is InChI=1S/C8H5N3O3S/c12-4-5-3-11(8(13)14)6(10-5)7-9-1-2-15-7/h1-4H,(H,13,14). The minimum Gasteiger partial charge on any atom is -0.464 e. The van der Waals surface area contributed by atoms with Gasteiger partial charge in [0.2, 0.25) is 0 Å². The fourth-order valence-electron chi connectivity index (χ4n) is 1.09. The van der Waals surface area contributed by atoms with Gasteiger partial charge in [0, 0.05) is 17.8 Å². The van der Waals surface area contributed by atoms with E-state index in [1.807, 2.05) is 0 Å². The third kappa shape index (κ3) is 1.64. The molecule has 0 fully saturated rings. The molecule has 1 N–H and O–H groups in total. The lowest BCUT2D eigenvalue weighted by Crippen LogP contribution is -2.08. The molecule has 0 atom stereocenters. The van der Waals surface area contributed by atoms with E-state index in [-0.39, 0.29) is 11.5 Å². The highest BCUT2D eigenvalue weighted by Crippen LogP contribution is 2.20. The number of rotatable bonds is 2. The van der Waals surface area contributed by atoms with Gasteiger partial charge in [0.1, 0.15) is 5.69 Å². The van der Waals surface area contributed by atoms with E-state index in [2.05, 4.69) is 9.97 Å². The Bertz CT molecular complexity index is 503. The lowest BCUT2D eigenvalue weighted by molar-refractivity contribution is 0.111. The Kier molecular flexibility index (Phi) is 2.30. The van der Waals surface area contributed by atoms with Crippen LogP contribution in [0, 0.1) is 0 Å². The van der Waals surface area contributed by atoms with Gasteiger partial charge in [0.15, 0.2) is 17.1 Å². The highest BCUT2D eigenvalue weighted by molar-refractivity contribution is 7.13. The molecule has 2 rings (SSSR count). The molecule has 0 aliphatic heterocycles. The second kappa shape index (κ2) is 3.62. The number of imidazole rings is 1. The monoisotopic (exact) mass is 223 g/mol. The Morgan fingerprint density at radius 1 is 1.60 bits per heavy atom. The number of nitrogens with zero attached hydrogens (tertiary/aromatic N) is 3. The van der Waals surface area contributed by atoms with Gasteiger partial charge in [-0.25, -0.2) is 19.3 Å². The lowest BCUT2D eigenvalue weighted by Gasteiger charge is -1.96. The summed E-state index contributed by atoms with van der Waals surface area (Å²) >= 11 is 1.26. The van der Waals surface area contributed by atoms with Crippen LogP contribution in [0.15, 0.2) is 17.8 Å². The molecule has 0 spiro atoms. The topological polar surface area (TPSA) is 85.1 Å². The summed E-state index contributed by atoms with van der Waals surface area (Å²) in [6.45, 7) is 0. The van der Waals surface area contributed by atoms with E-state index in [4.69, 9.17) is 5.11 Å². The van der Waals surface area contributed by atoms with Crippen molar-refractivity contribution in [2.45, 2.75) is 0 Å². The van der Waals surface area contributed by atoms with Gasteiger partial charge in [-0.1, -0.05) is 0 Å². The maximum atomic E-state index is 10.8. The lowest BCUT2D eigenvalue weighted by atomic mass is 10.5. The van der Waals surface area contributed by atoms with E-state index < -0.39 is 6.09 Å². The van der Waals surface area contributed by atoms with Crippen LogP contribution >= 0.6 is 11.3 Å². The van der Waals surface area contributed by atoms with Gasteiger partial charge in [0.05, 0.1) is 0 Å². The van der Waals surface area contributed by atoms with Gasteiger partial charge in [-0.3, -0.25) is 4.79 Å². The molecule has 0 aromatic carbocycles. The van der Waals surface area contributed by atoms with Crippen LogP contribution in [-0.4, -0.2) is 32.0 Å². The zero-order valence-electron chi connectivity index (χ0n) is 7.32. The first-order chi connectivity index (χ1) is 7.22. The molecule has 0 aliphatic carbocycles. The number of carboxylic acid groups (broad SMARTS) is 1. The summed E-state index contributed by atoms with van der Waals surface area (Å²) in [5.41, 5.74) is 0.0719. The number of carbonyl (C=O) groups is 2. The summed E-state index contributed by atoms with van der Waals surface area (Å²) in [5, 5.41) is 11.0. The molecular formula is C8H5N3O3S. The number of thiazole rings is 1. The van der Waals surface area contributed by atoms with Gasteiger partial charge < -0.3 is 5.11 Å². The molecule has 2 aromatic heterocycles. The first-order valence-electron chi connectivity index (χ1n) is 3.90. The normalized spacial score (nSPS) is 10.1. The van der Waals surface area contributed by atoms with Crippen molar-refractivity contribution in [1.82, 2.24) is 14.5 Å². The molecule has 0 saturated heterocycles. The fraction of sp³-hybridized carbons (Fsp3) is 0. The third-order valence-corrected chi connectivity index (χ3v) is 2.44. The molecule has 15 heavy (non-hydrogen) atoms. The molecule has 76 valence electrons. The van der Waals surface area contributed by atoms with Gasteiger partial charge in [-0.15, -0.1) is 11.3 Å². The Hall–Kier alpha value is -2.02. The first kappa shape index (κ1) is 9.53. The Balaban J connectivity index is 2.59.